The number of halogens is 3. The molecule has 0 saturated carbocycles. The van der Waals surface area contributed by atoms with Crippen molar-refractivity contribution in [3.8, 4) is 5.88 Å². The molecule has 96 valence electrons. The van der Waals surface area contributed by atoms with Crippen LogP contribution in [0.3, 0.4) is 0 Å². The number of hydrogen-bond donors (Lipinski definition) is 1. The number of nitrogens with one attached hydrogen (secondary N) is 1. The molecule has 0 radical (unpaired) electrons. The molecule has 1 rings (SSSR count). The zero-order chi connectivity index (χ0) is 12.9. The summed E-state index contributed by atoms with van der Waals surface area (Å²) in [5.41, 5.74) is 0. The van der Waals surface area contributed by atoms with Crippen molar-refractivity contribution in [2.24, 2.45) is 0 Å². The Morgan fingerprint density at radius 2 is 2.18 bits per heavy atom. The summed E-state index contributed by atoms with van der Waals surface area (Å²) in [6.07, 6.45) is -3.71. The standard InChI is InChI=1S/C10H14F3N3O/c1-3-17-8-4-5-14-9(16-8)15-7(2)6-10(11,12)13/h4-5,7H,3,6H2,1-2H3,(H,14,15,16). The highest BCUT2D eigenvalue weighted by Crippen LogP contribution is 2.22. The molecule has 0 bridgehead atoms. The maximum Gasteiger partial charge on any atom is 0.391 e. The molecule has 0 saturated heterocycles. The highest BCUT2D eigenvalue weighted by molar-refractivity contribution is 5.28. The zero-order valence-corrected chi connectivity index (χ0v) is 9.58. The van der Waals surface area contributed by atoms with Crippen LogP contribution in [0.5, 0.6) is 5.88 Å². The third-order valence-electron chi connectivity index (χ3n) is 1.84. The summed E-state index contributed by atoms with van der Waals surface area (Å²) >= 11 is 0. The van der Waals surface area contributed by atoms with Gasteiger partial charge in [-0.1, -0.05) is 0 Å². The smallest absolute Gasteiger partial charge is 0.391 e. The number of anilines is 1. The monoisotopic (exact) mass is 249 g/mol. The van der Waals surface area contributed by atoms with Gasteiger partial charge in [0, 0.05) is 18.3 Å². The topological polar surface area (TPSA) is 47.0 Å². The van der Waals surface area contributed by atoms with Gasteiger partial charge in [-0.25, -0.2) is 4.98 Å². The third-order valence-corrected chi connectivity index (χ3v) is 1.84. The quantitative estimate of drug-likeness (QED) is 0.871. The molecule has 1 unspecified atom stereocenters. The van der Waals surface area contributed by atoms with E-state index in [2.05, 4.69) is 15.3 Å². The van der Waals surface area contributed by atoms with Crippen LogP contribution in [0.4, 0.5) is 19.1 Å². The summed E-state index contributed by atoms with van der Waals surface area (Å²) in [6, 6.07) is 0.759. The number of ether oxygens (including phenoxy) is 1. The number of alkyl halides is 3. The second-order valence-electron chi connectivity index (χ2n) is 3.52. The molecule has 17 heavy (non-hydrogen) atoms. The minimum atomic E-state index is -4.20. The van der Waals surface area contributed by atoms with Gasteiger partial charge in [0.2, 0.25) is 11.8 Å². The molecule has 1 atom stereocenters. The van der Waals surface area contributed by atoms with Crippen molar-refractivity contribution in [1.29, 1.82) is 0 Å². The lowest BCUT2D eigenvalue weighted by molar-refractivity contribution is -0.136. The SMILES string of the molecule is CCOc1ccnc(NC(C)CC(F)(F)F)n1. The van der Waals surface area contributed by atoms with Crippen LogP contribution < -0.4 is 10.1 Å². The Morgan fingerprint density at radius 3 is 2.76 bits per heavy atom. The van der Waals surface area contributed by atoms with Crippen molar-refractivity contribution in [2.75, 3.05) is 11.9 Å². The molecule has 0 aromatic carbocycles. The van der Waals surface area contributed by atoms with E-state index < -0.39 is 18.6 Å². The summed E-state index contributed by atoms with van der Waals surface area (Å²) in [5.74, 6) is 0.469. The first-order valence-corrected chi connectivity index (χ1v) is 5.20. The first-order chi connectivity index (χ1) is 7.90. The maximum absolute atomic E-state index is 12.1. The van der Waals surface area contributed by atoms with Crippen molar-refractivity contribution in [3.63, 3.8) is 0 Å². The van der Waals surface area contributed by atoms with Crippen LogP contribution in [0.15, 0.2) is 12.3 Å². The van der Waals surface area contributed by atoms with Gasteiger partial charge in [0.1, 0.15) is 0 Å². The summed E-state index contributed by atoms with van der Waals surface area (Å²) in [7, 11) is 0. The average molecular weight is 249 g/mol. The molecular weight excluding hydrogens is 235 g/mol. The van der Waals surface area contributed by atoms with E-state index in [4.69, 9.17) is 4.74 Å². The predicted molar refractivity (Wildman–Crippen MR) is 57.0 cm³/mol. The largest absolute Gasteiger partial charge is 0.478 e. The first-order valence-electron chi connectivity index (χ1n) is 5.20. The van der Waals surface area contributed by atoms with E-state index >= 15 is 0 Å². The van der Waals surface area contributed by atoms with Crippen molar-refractivity contribution < 1.29 is 17.9 Å². The number of nitrogens with zero attached hydrogens (tertiary/aromatic N) is 2. The predicted octanol–water partition coefficient (Wildman–Crippen LogP) is 2.63. The molecule has 1 N–H and O–H groups in total. The average Bonchev–Trinajstić information content (AvgIpc) is 2.15. The van der Waals surface area contributed by atoms with Gasteiger partial charge < -0.3 is 10.1 Å². The second kappa shape index (κ2) is 5.70. The molecule has 0 amide bonds. The normalized spacial score (nSPS) is 13.2. The lowest BCUT2D eigenvalue weighted by Gasteiger charge is -2.15. The number of hydrogen-bond acceptors (Lipinski definition) is 4. The zero-order valence-electron chi connectivity index (χ0n) is 9.58. The number of aromatic nitrogens is 2. The Kier molecular flexibility index (Phi) is 4.53. The molecule has 4 nitrogen and oxygen atoms in total. The van der Waals surface area contributed by atoms with E-state index in [0.717, 1.165) is 0 Å². The summed E-state index contributed by atoms with van der Waals surface area (Å²) in [4.78, 5) is 7.74. The highest BCUT2D eigenvalue weighted by Gasteiger charge is 2.30. The molecule has 1 aromatic heterocycles. The van der Waals surface area contributed by atoms with Crippen LogP contribution in [0.25, 0.3) is 0 Å². The Labute approximate surface area is 97.2 Å². The summed E-state index contributed by atoms with van der Waals surface area (Å²) < 4.78 is 41.4. The fourth-order valence-corrected chi connectivity index (χ4v) is 1.26. The van der Waals surface area contributed by atoms with Gasteiger partial charge in [-0.05, 0) is 13.8 Å². The molecule has 0 aliphatic carbocycles. The molecule has 0 aliphatic heterocycles. The molecular formula is C10H14F3N3O. The van der Waals surface area contributed by atoms with E-state index in [-0.39, 0.29) is 5.95 Å². The van der Waals surface area contributed by atoms with E-state index in [1.54, 1.807) is 13.0 Å². The van der Waals surface area contributed by atoms with Crippen LogP contribution in [-0.2, 0) is 0 Å². The van der Waals surface area contributed by atoms with Crippen molar-refractivity contribution in [1.82, 2.24) is 9.97 Å². The van der Waals surface area contributed by atoms with Crippen molar-refractivity contribution in [2.45, 2.75) is 32.5 Å². The third kappa shape index (κ3) is 5.37. The summed E-state index contributed by atoms with van der Waals surface area (Å²) in [6.45, 7) is 3.65. The van der Waals surface area contributed by atoms with Gasteiger partial charge in [0.25, 0.3) is 0 Å². The van der Waals surface area contributed by atoms with E-state index in [9.17, 15) is 13.2 Å². The summed E-state index contributed by atoms with van der Waals surface area (Å²) in [5, 5.41) is 2.57. The van der Waals surface area contributed by atoms with Crippen LogP contribution in [-0.4, -0.2) is 28.8 Å². The Morgan fingerprint density at radius 1 is 1.47 bits per heavy atom. The Hall–Kier alpha value is -1.53. The van der Waals surface area contributed by atoms with Gasteiger partial charge in [-0.3, -0.25) is 0 Å². The molecule has 1 aromatic rings. The van der Waals surface area contributed by atoms with E-state index in [1.165, 1.54) is 13.1 Å². The van der Waals surface area contributed by atoms with E-state index in [1.807, 2.05) is 0 Å². The fourth-order valence-electron chi connectivity index (χ4n) is 1.26. The van der Waals surface area contributed by atoms with Crippen LogP contribution >= 0.6 is 0 Å². The van der Waals surface area contributed by atoms with Gasteiger partial charge in [-0.15, -0.1) is 0 Å². The Balaban J connectivity index is 2.58. The van der Waals surface area contributed by atoms with Crippen molar-refractivity contribution in [3.05, 3.63) is 12.3 Å². The van der Waals surface area contributed by atoms with Gasteiger partial charge in [-0.2, -0.15) is 18.2 Å². The maximum atomic E-state index is 12.1. The van der Waals surface area contributed by atoms with Crippen LogP contribution in [0, 0.1) is 0 Å². The minimum absolute atomic E-state index is 0.132. The molecule has 0 aliphatic rings. The Bertz CT molecular complexity index is 357. The van der Waals surface area contributed by atoms with Gasteiger partial charge in [0.15, 0.2) is 0 Å². The second-order valence-corrected chi connectivity index (χ2v) is 3.52. The van der Waals surface area contributed by atoms with E-state index in [0.29, 0.717) is 12.5 Å². The minimum Gasteiger partial charge on any atom is -0.478 e. The molecule has 1 heterocycles. The number of rotatable bonds is 5. The fraction of sp³-hybridized carbons (Fsp3) is 0.600. The highest BCUT2D eigenvalue weighted by atomic mass is 19.4. The molecule has 0 fully saturated rings. The van der Waals surface area contributed by atoms with Crippen LogP contribution in [0.2, 0.25) is 0 Å². The molecule has 0 spiro atoms. The first kappa shape index (κ1) is 13.5. The lowest BCUT2D eigenvalue weighted by atomic mass is 10.2. The lowest BCUT2D eigenvalue weighted by Crippen LogP contribution is -2.24. The van der Waals surface area contributed by atoms with Gasteiger partial charge >= 0.3 is 6.18 Å². The van der Waals surface area contributed by atoms with Crippen molar-refractivity contribution >= 4 is 5.95 Å². The van der Waals surface area contributed by atoms with Crippen LogP contribution in [0.1, 0.15) is 20.3 Å². The van der Waals surface area contributed by atoms with Gasteiger partial charge in [0.05, 0.1) is 13.0 Å². The molecule has 7 heteroatoms.